The molecule has 0 aromatic heterocycles. The molecule has 0 radical (unpaired) electrons. The van der Waals surface area contributed by atoms with Crippen LogP contribution < -0.4 is 5.32 Å². The van der Waals surface area contributed by atoms with Crippen LogP contribution in [0.1, 0.15) is 31.2 Å². The number of aliphatic carboxylic acids is 1. The highest BCUT2D eigenvalue weighted by atomic mass is 19.1. The van der Waals surface area contributed by atoms with Crippen LogP contribution in [0.5, 0.6) is 0 Å². The summed E-state index contributed by atoms with van der Waals surface area (Å²) >= 11 is 0. The molecule has 1 saturated carbocycles. The van der Waals surface area contributed by atoms with Crippen LogP contribution >= 0.6 is 0 Å². The summed E-state index contributed by atoms with van der Waals surface area (Å²) in [4.78, 5) is 11.2. The van der Waals surface area contributed by atoms with Gasteiger partial charge in [0.05, 0.1) is 17.6 Å². The second-order valence-corrected chi connectivity index (χ2v) is 4.91. The first-order chi connectivity index (χ1) is 9.52. The molecule has 2 rings (SSSR count). The molecule has 0 aliphatic heterocycles. The molecule has 0 spiro atoms. The predicted molar refractivity (Wildman–Crippen MR) is 68.1 cm³/mol. The van der Waals surface area contributed by atoms with E-state index < -0.39 is 29.6 Å². The molecule has 1 aliphatic rings. The van der Waals surface area contributed by atoms with Crippen molar-refractivity contribution in [2.75, 3.05) is 5.32 Å². The maximum absolute atomic E-state index is 13.8. The quantitative estimate of drug-likeness (QED) is 0.892. The zero-order valence-electron chi connectivity index (χ0n) is 10.7. The number of carboxylic acids is 1. The molecule has 0 heterocycles. The van der Waals surface area contributed by atoms with Crippen LogP contribution in [0.3, 0.4) is 0 Å². The van der Waals surface area contributed by atoms with E-state index in [1.165, 1.54) is 0 Å². The Morgan fingerprint density at radius 3 is 2.45 bits per heavy atom. The first kappa shape index (κ1) is 14.3. The van der Waals surface area contributed by atoms with E-state index in [1.807, 2.05) is 0 Å². The molecule has 106 valence electrons. The Balaban J connectivity index is 2.25. The van der Waals surface area contributed by atoms with Crippen LogP contribution in [-0.4, -0.2) is 17.1 Å². The lowest BCUT2D eigenvalue weighted by molar-refractivity contribution is -0.143. The number of rotatable bonds is 3. The van der Waals surface area contributed by atoms with Crippen molar-refractivity contribution in [1.29, 1.82) is 5.26 Å². The van der Waals surface area contributed by atoms with Crippen molar-refractivity contribution in [1.82, 2.24) is 0 Å². The first-order valence-electron chi connectivity index (χ1n) is 6.41. The van der Waals surface area contributed by atoms with Gasteiger partial charge in [0.15, 0.2) is 11.6 Å². The van der Waals surface area contributed by atoms with Gasteiger partial charge >= 0.3 is 5.97 Å². The standard InChI is InChI=1S/C14H14F2N2O2/c15-10-5-8(7-17)6-11(16)13(10)18-12-4-2-1-3-9(12)14(19)20/h5-6,9,12,18H,1-4H2,(H,19,20). The average molecular weight is 280 g/mol. The Morgan fingerprint density at radius 1 is 1.30 bits per heavy atom. The summed E-state index contributed by atoms with van der Waals surface area (Å²) in [7, 11) is 0. The number of anilines is 1. The van der Waals surface area contributed by atoms with Crippen molar-refractivity contribution in [3.8, 4) is 6.07 Å². The van der Waals surface area contributed by atoms with E-state index in [9.17, 15) is 13.6 Å². The fourth-order valence-electron chi connectivity index (χ4n) is 2.56. The second kappa shape index (κ2) is 5.87. The van der Waals surface area contributed by atoms with E-state index in [-0.39, 0.29) is 11.3 Å². The van der Waals surface area contributed by atoms with Gasteiger partial charge in [0.25, 0.3) is 0 Å². The Labute approximate surface area is 115 Å². The molecule has 0 saturated heterocycles. The number of benzene rings is 1. The van der Waals surface area contributed by atoms with Crippen LogP contribution in [0.4, 0.5) is 14.5 Å². The van der Waals surface area contributed by atoms with Gasteiger partial charge in [-0.2, -0.15) is 5.26 Å². The smallest absolute Gasteiger partial charge is 0.308 e. The maximum atomic E-state index is 13.8. The minimum absolute atomic E-state index is 0.107. The summed E-state index contributed by atoms with van der Waals surface area (Å²) in [6.07, 6.45) is 2.66. The number of nitrogens with one attached hydrogen (secondary N) is 1. The predicted octanol–water partition coefficient (Wildman–Crippen LogP) is 2.89. The van der Waals surface area contributed by atoms with E-state index in [2.05, 4.69) is 5.32 Å². The maximum Gasteiger partial charge on any atom is 0.308 e. The molecule has 1 aromatic rings. The van der Waals surface area contributed by atoms with Gasteiger partial charge in [0.2, 0.25) is 0 Å². The van der Waals surface area contributed by atoms with Gasteiger partial charge in [-0.15, -0.1) is 0 Å². The van der Waals surface area contributed by atoms with Gasteiger partial charge in [0.1, 0.15) is 5.69 Å². The highest BCUT2D eigenvalue weighted by Gasteiger charge is 2.31. The molecular weight excluding hydrogens is 266 g/mol. The minimum atomic E-state index is -0.961. The zero-order valence-corrected chi connectivity index (χ0v) is 10.7. The average Bonchev–Trinajstić information content (AvgIpc) is 2.42. The third kappa shape index (κ3) is 2.87. The first-order valence-corrected chi connectivity index (χ1v) is 6.41. The summed E-state index contributed by atoms with van der Waals surface area (Å²) in [5, 5.41) is 20.4. The van der Waals surface area contributed by atoms with Crippen molar-refractivity contribution >= 4 is 11.7 Å². The zero-order chi connectivity index (χ0) is 14.7. The Kier molecular flexibility index (Phi) is 4.18. The molecule has 0 bridgehead atoms. The topological polar surface area (TPSA) is 73.1 Å². The van der Waals surface area contributed by atoms with Crippen LogP contribution in [0, 0.1) is 28.9 Å². The Morgan fingerprint density at radius 2 is 1.90 bits per heavy atom. The van der Waals surface area contributed by atoms with Gasteiger partial charge in [0, 0.05) is 6.04 Å². The van der Waals surface area contributed by atoms with Crippen LogP contribution in [0.15, 0.2) is 12.1 Å². The summed E-state index contributed by atoms with van der Waals surface area (Å²) in [5.74, 6) is -3.37. The van der Waals surface area contributed by atoms with Gasteiger partial charge in [-0.05, 0) is 25.0 Å². The number of carbonyl (C=O) groups is 1. The van der Waals surface area contributed by atoms with Crippen molar-refractivity contribution < 1.29 is 18.7 Å². The number of nitriles is 1. The summed E-state index contributed by atoms with van der Waals surface area (Å²) in [6, 6.07) is 3.03. The molecule has 1 aliphatic carbocycles. The number of carboxylic acid groups (broad SMARTS) is 1. The van der Waals surface area contributed by atoms with E-state index in [4.69, 9.17) is 10.4 Å². The monoisotopic (exact) mass is 280 g/mol. The Bertz CT molecular complexity index is 546. The van der Waals surface area contributed by atoms with Crippen LogP contribution in [-0.2, 0) is 4.79 Å². The normalized spacial score (nSPS) is 22.1. The van der Waals surface area contributed by atoms with Crippen LogP contribution in [0.25, 0.3) is 0 Å². The number of hydrogen-bond donors (Lipinski definition) is 2. The molecule has 6 heteroatoms. The third-order valence-corrected chi connectivity index (χ3v) is 3.58. The van der Waals surface area contributed by atoms with Crippen molar-refractivity contribution in [3.63, 3.8) is 0 Å². The summed E-state index contributed by atoms with van der Waals surface area (Å²) in [5.41, 5.74) is -0.467. The van der Waals surface area contributed by atoms with E-state index >= 15 is 0 Å². The van der Waals surface area contributed by atoms with Gasteiger partial charge in [-0.1, -0.05) is 12.8 Å². The van der Waals surface area contributed by atoms with E-state index in [1.54, 1.807) is 6.07 Å². The lowest BCUT2D eigenvalue weighted by Gasteiger charge is -2.30. The fraction of sp³-hybridized carbons (Fsp3) is 0.429. The van der Waals surface area contributed by atoms with Crippen LogP contribution in [0.2, 0.25) is 0 Å². The lowest BCUT2D eigenvalue weighted by atomic mass is 9.84. The lowest BCUT2D eigenvalue weighted by Crippen LogP contribution is -2.37. The number of nitrogens with zero attached hydrogens (tertiary/aromatic N) is 1. The molecule has 1 fully saturated rings. The van der Waals surface area contributed by atoms with Gasteiger partial charge in [-0.25, -0.2) is 8.78 Å². The highest BCUT2D eigenvalue weighted by molar-refractivity contribution is 5.72. The van der Waals surface area contributed by atoms with Crippen molar-refractivity contribution in [2.45, 2.75) is 31.7 Å². The SMILES string of the molecule is N#Cc1cc(F)c(NC2CCCCC2C(=O)O)c(F)c1. The van der Waals surface area contributed by atoms with Crippen molar-refractivity contribution in [3.05, 3.63) is 29.3 Å². The fourth-order valence-corrected chi connectivity index (χ4v) is 2.56. The molecule has 2 atom stereocenters. The second-order valence-electron chi connectivity index (χ2n) is 4.91. The molecule has 2 N–H and O–H groups in total. The summed E-state index contributed by atoms with van der Waals surface area (Å²) in [6.45, 7) is 0. The molecule has 2 unspecified atom stereocenters. The highest BCUT2D eigenvalue weighted by Crippen LogP contribution is 2.30. The Hall–Kier alpha value is -2.16. The van der Waals surface area contributed by atoms with E-state index in [0.29, 0.717) is 12.8 Å². The minimum Gasteiger partial charge on any atom is -0.481 e. The number of hydrogen-bond acceptors (Lipinski definition) is 3. The molecule has 4 nitrogen and oxygen atoms in total. The van der Waals surface area contributed by atoms with E-state index in [0.717, 1.165) is 25.0 Å². The largest absolute Gasteiger partial charge is 0.481 e. The molecule has 0 amide bonds. The van der Waals surface area contributed by atoms with Gasteiger partial charge in [-0.3, -0.25) is 4.79 Å². The van der Waals surface area contributed by atoms with Crippen molar-refractivity contribution in [2.24, 2.45) is 5.92 Å². The molecule has 20 heavy (non-hydrogen) atoms. The molecular formula is C14H14F2N2O2. The summed E-state index contributed by atoms with van der Waals surface area (Å²) < 4.78 is 27.6. The number of halogens is 2. The van der Waals surface area contributed by atoms with Gasteiger partial charge < -0.3 is 10.4 Å². The third-order valence-electron chi connectivity index (χ3n) is 3.58. The molecule has 1 aromatic carbocycles.